The van der Waals surface area contributed by atoms with Crippen molar-refractivity contribution in [1.29, 1.82) is 0 Å². The van der Waals surface area contributed by atoms with Crippen LogP contribution < -0.4 is 14.5 Å². The SMILES string of the molecule is CN1CN(c2cc(Oc3ccc4c(c3)n(-c3ccccn3)c3nc5ccccc5n43)c3oc4c(ccc5c6ccccc6oc54)c3c2)c2ccccc21. The third kappa shape index (κ3) is 3.96. The Morgan fingerprint density at radius 2 is 1.42 bits per heavy atom. The number of hydrogen-bond acceptors (Lipinski definition) is 7. The third-order valence-corrected chi connectivity index (χ3v) is 10.6. The number of aromatic nitrogens is 4. The molecule has 0 saturated carbocycles. The van der Waals surface area contributed by atoms with Gasteiger partial charge in [0.2, 0.25) is 5.78 Å². The quantitative estimate of drug-likeness (QED) is 0.182. The predicted octanol–water partition coefficient (Wildman–Crippen LogP) is 11.0. The fourth-order valence-corrected chi connectivity index (χ4v) is 8.19. The van der Waals surface area contributed by atoms with E-state index in [0.717, 1.165) is 77.7 Å². The van der Waals surface area contributed by atoms with Crippen molar-refractivity contribution in [3.05, 3.63) is 140 Å². The Balaban J connectivity index is 1.09. The van der Waals surface area contributed by atoms with Crippen LogP contribution >= 0.6 is 0 Å². The Labute approximate surface area is 301 Å². The van der Waals surface area contributed by atoms with Gasteiger partial charge >= 0.3 is 0 Å². The van der Waals surface area contributed by atoms with Crippen molar-refractivity contribution in [2.45, 2.75) is 0 Å². The lowest BCUT2D eigenvalue weighted by Crippen LogP contribution is -2.23. The summed E-state index contributed by atoms with van der Waals surface area (Å²) in [4.78, 5) is 14.3. The first-order chi connectivity index (χ1) is 26.2. The Bertz CT molecular complexity index is 3280. The predicted molar refractivity (Wildman–Crippen MR) is 210 cm³/mol. The summed E-state index contributed by atoms with van der Waals surface area (Å²) in [6.45, 7) is 0.700. The van der Waals surface area contributed by atoms with Crippen molar-refractivity contribution < 1.29 is 13.6 Å². The van der Waals surface area contributed by atoms with E-state index in [0.29, 0.717) is 29.3 Å². The summed E-state index contributed by atoms with van der Waals surface area (Å²) < 4.78 is 24.4. The molecule has 0 unspecified atom stereocenters. The van der Waals surface area contributed by atoms with Gasteiger partial charge in [-0.3, -0.25) is 8.97 Å². The number of rotatable bonds is 4. The minimum Gasteiger partial charge on any atom is -0.453 e. The molecule has 11 aromatic rings. The Morgan fingerprint density at radius 3 is 2.32 bits per heavy atom. The van der Waals surface area contributed by atoms with Gasteiger partial charge in [-0.2, -0.15) is 0 Å². The van der Waals surface area contributed by atoms with E-state index in [2.05, 4.69) is 98.6 Å². The number of ether oxygens (including phenoxy) is 1. The summed E-state index contributed by atoms with van der Waals surface area (Å²) in [5.74, 6) is 2.82. The first-order valence-corrected chi connectivity index (χ1v) is 17.6. The molecule has 0 spiro atoms. The molecule has 0 N–H and O–H groups in total. The molecule has 1 aliphatic rings. The van der Waals surface area contributed by atoms with E-state index in [4.69, 9.17) is 23.5 Å². The molecule has 0 atom stereocenters. The van der Waals surface area contributed by atoms with E-state index < -0.39 is 0 Å². The van der Waals surface area contributed by atoms with Crippen molar-refractivity contribution in [2.24, 2.45) is 0 Å². The van der Waals surface area contributed by atoms with Crippen molar-refractivity contribution in [2.75, 3.05) is 23.5 Å². The van der Waals surface area contributed by atoms with E-state index in [9.17, 15) is 0 Å². The van der Waals surface area contributed by atoms with E-state index in [-0.39, 0.29) is 0 Å². The number of fused-ring (bicyclic) bond motifs is 13. The van der Waals surface area contributed by atoms with Gasteiger partial charge in [0.15, 0.2) is 22.5 Å². The van der Waals surface area contributed by atoms with Crippen LogP contribution in [-0.2, 0) is 0 Å². The van der Waals surface area contributed by atoms with Crippen LogP contribution in [0.25, 0.3) is 77.5 Å². The lowest BCUT2D eigenvalue weighted by atomic mass is 10.1. The lowest BCUT2D eigenvalue weighted by Gasteiger charge is -2.20. The molecule has 0 bridgehead atoms. The number of para-hydroxylation sites is 5. The average molecular weight is 689 g/mol. The van der Waals surface area contributed by atoms with Gasteiger partial charge < -0.3 is 23.4 Å². The van der Waals surface area contributed by atoms with Gasteiger partial charge in [0, 0.05) is 52.6 Å². The van der Waals surface area contributed by atoms with Crippen LogP contribution in [0.15, 0.2) is 148 Å². The van der Waals surface area contributed by atoms with Gasteiger partial charge in [0.1, 0.15) is 17.2 Å². The molecule has 9 nitrogen and oxygen atoms in total. The highest BCUT2D eigenvalue weighted by Gasteiger charge is 2.27. The molecule has 0 fully saturated rings. The molecule has 0 aliphatic carbocycles. The number of furan rings is 2. The topological polar surface area (TPSA) is 77.1 Å². The molecule has 0 amide bonds. The van der Waals surface area contributed by atoms with Crippen molar-refractivity contribution in [3.8, 4) is 17.3 Å². The minimum absolute atomic E-state index is 0.607. The van der Waals surface area contributed by atoms with Crippen LogP contribution in [0.2, 0.25) is 0 Å². The second-order valence-electron chi connectivity index (χ2n) is 13.6. The van der Waals surface area contributed by atoms with E-state index in [1.807, 2.05) is 60.7 Å². The Hall–Kier alpha value is -7.26. The molecule has 6 aromatic carbocycles. The lowest BCUT2D eigenvalue weighted by molar-refractivity contribution is 0.477. The number of benzene rings is 6. The number of anilines is 3. The van der Waals surface area contributed by atoms with Gasteiger partial charge in [-0.15, -0.1) is 0 Å². The number of pyridine rings is 1. The fraction of sp³-hybridized carbons (Fsp3) is 0.0455. The third-order valence-electron chi connectivity index (χ3n) is 10.6. The van der Waals surface area contributed by atoms with Gasteiger partial charge in [-0.05, 0) is 72.8 Å². The highest BCUT2D eigenvalue weighted by molar-refractivity contribution is 6.20. The number of hydrogen-bond donors (Lipinski definition) is 0. The maximum absolute atomic E-state index is 6.94. The van der Waals surface area contributed by atoms with Crippen molar-refractivity contribution >= 4 is 88.8 Å². The molecule has 0 radical (unpaired) electrons. The van der Waals surface area contributed by atoms with Gasteiger partial charge in [0.05, 0.1) is 40.1 Å². The van der Waals surface area contributed by atoms with Crippen LogP contribution in [0.5, 0.6) is 11.5 Å². The van der Waals surface area contributed by atoms with Crippen molar-refractivity contribution in [3.63, 3.8) is 0 Å². The molecule has 6 heterocycles. The molecule has 5 aromatic heterocycles. The Kier molecular flexibility index (Phi) is 5.58. The maximum atomic E-state index is 6.94. The zero-order valence-corrected chi connectivity index (χ0v) is 28.4. The summed E-state index contributed by atoms with van der Waals surface area (Å²) in [5, 5.41) is 3.99. The summed E-state index contributed by atoms with van der Waals surface area (Å²) in [6, 6.07) is 45.4. The van der Waals surface area contributed by atoms with E-state index in [1.165, 1.54) is 5.69 Å². The van der Waals surface area contributed by atoms with Crippen molar-refractivity contribution in [1.82, 2.24) is 18.9 Å². The molecular weight excluding hydrogens is 661 g/mol. The maximum Gasteiger partial charge on any atom is 0.221 e. The molecule has 9 heteroatoms. The zero-order valence-electron chi connectivity index (χ0n) is 28.4. The largest absolute Gasteiger partial charge is 0.453 e. The van der Waals surface area contributed by atoms with Gasteiger partial charge in [0.25, 0.3) is 0 Å². The van der Waals surface area contributed by atoms with E-state index >= 15 is 0 Å². The Morgan fingerprint density at radius 1 is 0.623 bits per heavy atom. The van der Waals surface area contributed by atoms with Gasteiger partial charge in [-0.25, -0.2) is 9.97 Å². The minimum atomic E-state index is 0.607. The first-order valence-electron chi connectivity index (χ1n) is 17.6. The summed E-state index contributed by atoms with van der Waals surface area (Å²) in [6.07, 6.45) is 1.80. The van der Waals surface area contributed by atoms with Crippen LogP contribution in [0, 0.1) is 0 Å². The van der Waals surface area contributed by atoms with Crippen LogP contribution in [0.1, 0.15) is 0 Å². The summed E-state index contributed by atoms with van der Waals surface area (Å²) >= 11 is 0. The van der Waals surface area contributed by atoms with Crippen LogP contribution in [0.3, 0.4) is 0 Å². The van der Waals surface area contributed by atoms with Crippen LogP contribution in [0.4, 0.5) is 17.1 Å². The second-order valence-corrected chi connectivity index (χ2v) is 13.6. The molecule has 12 rings (SSSR count). The zero-order chi connectivity index (χ0) is 34.8. The standard InChI is InChI=1S/C44H28N6O3/c1-47-25-48(35-14-6-5-13-34(35)47)26-22-31-30-19-18-29-28-10-2-7-15-38(28)52-42(29)43(30)53-41(31)39(23-26)51-27-17-20-36-37(24-27)50(40-16-8-9-21-45-40)44-46-32-11-3-4-12-33(32)49(36)44/h2-24H,25H2,1H3. The fourth-order valence-electron chi connectivity index (χ4n) is 8.19. The first kappa shape index (κ1) is 28.4. The normalized spacial score (nSPS) is 13.2. The highest BCUT2D eigenvalue weighted by atomic mass is 16.5. The average Bonchev–Trinajstić information content (AvgIpc) is 4.00. The number of imidazole rings is 2. The molecule has 1 aliphatic heterocycles. The second kappa shape index (κ2) is 10.4. The summed E-state index contributed by atoms with van der Waals surface area (Å²) in [7, 11) is 2.12. The molecule has 53 heavy (non-hydrogen) atoms. The monoisotopic (exact) mass is 688 g/mol. The molecule has 0 saturated heterocycles. The number of nitrogens with zero attached hydrogens (tertiary/aromatic N) is 6. The molecule has 252 valence electrons. The molecular formula is C44H28N6O3. The van der Waals surface area contributed by atoms with Gasteiger partial charge in [-0.1, -0.05) is 48.5 Å². The van der Waals surface area contributed by atoms with E-state index in [1.54, 1.807) is 6.20 Å². The highest BCUT2D eigenvalue weighted by Crippen LogP contribution is 2.47. The summed E-state index contributed by atoms with van der Waals surface area (Å²) in [5.41, 5.74) is 10.1. The smallest absolute Gasteiger partial charge is 0.221 e. The van der Waals surface area contributed by atoms with Crippen LogP contribution in [-0.4, -0.2) is 32.7 Å².